The van der Waals surface area contributed by atoms with Crippen LogP contribution in [0.2, 0.25) is 0 Å². The first kappa shape index (κ1) is 19.3. The fourth-order valence-electron chi connectivity index (χ4n) is 3.03. The number of amides is 1. The first-order valence-corrected chi connectivity index (χ1v) is 9.77. The Morgan fingerprint density at radius 2 is 1.13 bits per heavy atom. The molecule has 1 N–H and O–H groups in total. The number of hydrogen-bond acceptors (Lipinski definition) is 3. The predicted octanol–water partition coefficient (Wildman–Crippen LogP) is 6.95. The van der Waals surface area contributed by atoms with Crippen LogP contribution < -0.4 is 5.32 Å². The SMILES string of the molecule is O=C(Nc1ccc(N=Nc2ccccc2)cc1)c1ccc(Cc2ccccc2)cc1. The summed E-state index contributed by atoms with van der Waals surface area (Å²) in [6.07, 6.45) is 0.849. The fourth-order valence-corrected chi connectivity index (χ4v) is 3.03. The highest BCUT2D eigenvalue weighted by atomic mass is 16.1. The second-order valence-corrected chi connectivity index (χ2v) is 6.90. The monoisotopic (exact) mass is 391 g/mol. The minimum absolute atomic E-state index is 0.139. The van der Waals surface area contributed by atoms with E-state index in [1.54, 1.807) is 0 Å². The second kappa shape index (κ2) is 9.43. The Morgan fingerprint density at radius 1 is 0.600 bits per heavy atom. The van der Waals surface area contributed by atoms with Gasteiger partial charge in [-0.1, -0.05) is 60.7 Å². The highest BCUT2D eigenvalue weighted by Gasteiger charge is 2.06. The molecule has 0 spiro atoms. The summed E-state index contributed by atoms with van der Waals surface area (Å²) < 4.78 is 0. The van der Waals surface area contributed by atoms with Crippen molar-refractivity contribution in [2.24, 2.45) is 10.2 Å². The van der Waals surface area contributed by atoms with Crippen LogP contribution in [-0.4, -0.2) is 5.91 Å². The van der Waals surface area contributed by atoms with E-state index in [4.69, 9.17) is 0 Å². The molecule has 0 radical (unpaired) electrons. The average molecular weight is 391 g/mol. The predicted molar refractivity (Wildman–Crippen MR) is 121 cm³/mol. The van der Waals surface area contributed by atoms with E-state index in [1.165, 1.54) is 11.1 Å². The number of nitrogens with one attached hydrogen (secondary N) is 1. The summed E-state index contributed by atoms with van der Waals surface area (Å²) in [6.45, 7) is 0. The van der Waals surface area contributed by atoms with Crippen LogP contribution in [-0.2, 0) is 6.42 Å². The number of azo groups is 1. The Balaban J connectivity index is 1.36. The van der Waals surface area contributed by atoms with Gasteiger partial charge in [0.15, 0.2) is 0 Å². The zero-order valence-electron chi connectivity index (χ0n) is 16.4. The standard InChI is InChI=1S/C26H21N3O/c30-26(22-13-11-21(12-14-22)19-20-7-3-1-4-8-20)27-23-15-17-25(18-16-23)29-28-24-9-5-2-6-10-24/h1-18H,19H2,(H,27,30). The van der Waals surface area contributed by atoms with Crippen LogP contribution in [0.4, 0.5) is 17.1 Å². The van der Waals surface area contributed by atoms with E-state index in [0.29, 0.717) is 11.3 Å². The van der Waals surface area contributed by atoms with Gasteiger partial charge in [-0.25, -0.2) is 0 Å². The first-order valence-electron chi connectivity index (χ1n) is 9.77. The van der Waals surface area contributed by atoms with Crippen LogP contribution >= 0.6 is 0 Å². The lowest BCUT2D eigenvalue weighted by molar-refractivity contribution is 0.102. The average Bonchev–Trinajstić information content (AvgIpc) is 2.80. The van der Waals surface area contributed by atoms with Crippen molar-refractivity contribution in [3.05, 3.63) is 126 Å². The third kappa shape index (κ3) is 5.26. The summed E-state index contributed by atoms with van der Waals surface area (Å²) in [6, 6.07) is 34.8. The van der Waals surface area contributed by atoms with Crippen LogP contribution in [0.3, 0.4) is 0 Å². The summed E-state index contributed by atoms with van der Waals surface area (Å²) in [5.74, 6) is -0.139. The molecule has 0 aliphatic rings. The van der Waals surface area contributed by atoms with E-state index in [2.05, 4.69) is 27.7 Å². The number of rotatable bonds is 6. The Hall–Kier alpha value is -4.05. The van der Waals surface area contributed by atoms with Crippen molar-refractivity contribution in [1.82, 2.24) is 0 Å². The highest BCUT2D eigenvalue weighted by molar-refractivity contribution is 6.04. The molecule has 30 heavy (non-hydrogen) atoms. The molecule has 0 heterocycles. The number of carbonyl (C=O) groups is 1. The largest absolute Gasteiger partial charge is 0.322 e. The molecule has 0 fully saturated rings. The van der Waals surface area contributed by atoms with Crippen molar-refractivity contribution in [2.45, 2.75) is 6.42 Å². The molecule has 0 unspecified atom stereocenters. The van der Waals surface area contributed by atoms with E-state index in [-0.39, 0.29) is 5.91 Å². The quantitative estimate of drug-likeness (QED) is 0.355. The van der Waals surface area contributed by atoms with Gasteiger partial charge in [-0.05, 0) is 66.1 Å². The van der Waals surface area contributed by atoms with Crippen molar-refractivity contribution < 1.29 is 4.79 Å². The Bertz CT molecular complexity index is 1120. The van der Waals surface area contributed by atoms with Gasteiger partial charge < -0.3 is 5.32 Å². The lowest BCUT2D eigenvalue weighted by Crippen LogP contribution is -2.11. The van der Waals surface area contributed by atoms with Gasteiger partial charge in [0, 0.05) is 11.3 Å². The van der Waals surface area contributed by atoms with Gasteiger partial charge in [0.25, 0.3) is 5.91 Å². The Morgan fingerprint density at radius 3 is 1.77 bits per heavy atom. The summed E-state index contributed by atoms with van der Waals surface area (Å²) in [4.78, 5) is 12.5. The van der Waals surface area contributed by atoms with Crippen LogP contribution in [0, 0.1) is 0 Å². The summed E-state index contributed by atoms with van der Waals surface area (Å²) in [5, 5.41) is 11.3. The van der Waals surface area contributed by atoms with Gasteiger partial charge >= 0.3 is 0 Å². The molecule has 0 aliphatic heterocycles. The van der Waals surface area contributed by atoms with E-state index in [9.17, 15) is 4.79 Å². The smallest absolute Gasteiger partial charge is 0.255 e. The minimum Gasteiger partial charge on any atom is -0.322 e. The van der Waals surface area contributed by atoms with E-state index < -0.39 is 0 Å². The third-order valence-electron chi connectivity index (χ3n) is 4.63. The molecule has 146 valence electrons. The number of carbonyl (C=O) groups excluding carboxylic acids is 1. The molecule has 0 atom stereocenters. The molecule has 4 nitrogen and oxygen atoms in total. The molecular weight excluding hydrogens is 370 g/mol. The number of anilines is 1. The van der Waals surface area contributed by atoms with Crippen molar-refractivity contribution in [3.63, 3.8) is 0 Å². The summed E-state index contributed by atoms with van der Waals surface area (Å²) in [7, 11) is 0. The van der Waals surface area contributed by atoms with E-state index >= 15 is 0 Å². The highest BCUT2D eigenvalue weighted by Crippen LogP contribution is 2.20. The Kier molecular flexibility index (Phi) is 6.06. The van der Waals surface area contributed by atoms with Crippen LogP contribution in [0.15, 0.2) is 119 Å². The molecule has 0 saturated heterocycles. The lowest BCUT2D eigenvalue weighted by Gasteiger charge is -2.07. The zero-order chi connectivity index (χ0) is 20.6. The second-order valence-electron chi connectivity index (χ2n) is 6.90. The van der Waals surface area contributed by atoms with Gasteiger partial charge in [-0.2, -0.15) is 10.2 Å². The number of benzene rings is 4. The number of nitrogens with zero attached hydrogens (tertiary/aromatic N) is 2. The molecule has 4 aromatic carbocycles. The van der Waals surface area contributed by atoms with Crippen molar-refractivity contribution in [1.29, 1.82) is 0 Å². The van der Waals surface area contributed by atoms with Gasteiger partial charge in [-0.15, -0.1) is 0 Å². The molecule has 1 amide bonds. The maximum Gasteiger partial charge on any atom is 0.255 e. The molecule has 0 aliphatic carbocycles. The Labute approximate surface area is 175 Å². The topological polar surface area (TPSA) is 53.8 Å². The van der Waals surface area contributed by atoms with E-state index in [0.717, 1.165) is 17.8 Å². The molecule has 0 aromatic heterocycles. The molecule has 4 aromatic rings. The zero-order valence-corrected chi connectivity index (χ0v) is 16.4. The maximum absolute atomic E-state index is 12.5. The van der Waals surface area contributed by atoms with Gasteiger partial charge in [0.05, 0.1) is 11.4 Å². The van der Waals surface area contributed by atoms with E-state index in [1.807, 2.05) is 97.1 Å². The minimum atomic E-state index is -0.139. The fraction of sp³-hybridized carbons (Fsp3) is 0.0385. The van der Waals surface area contributed by atoms with Crippen molar-refractivity contribution >= 4 is 23.0 Å². The molecule has 0 saturated carbocycles. The summed E-state index contributed by atoms with van der Waals surface area (Å²) >= 11 is 0. The molecular formula is C26H21N3O. The van der Waals surface area contributed by atoms with Crippen LogP contribution in [0.1, 0.15) is 21.5 Å². The maximum atomic E-state index is 12.5. The summed E-state index contributed by atoms with van der Waals surface area (Å²) in [5.41, 5.74) is 5.28. The molecule has 0 bridgehead atoms. The number of hydrogen-bond donors (Lipinski definition) is 1. The molecule has 4 heteroatoms. The van der Waals surface area contributed by atoms with Gasteiger partial charge in [0.2, 0.25) is 0 Å². The normalized spacial score (nSPS) is 10.8. The van der Waals surface area contributed by atoms with Gasteiger partial charge in [-0.3, -0.25) is 4.79 Å². The van der Waals surface area contributed by atoms with Crippen LogP contribution in [0.5, 0.6) is 0 Å². The first-order chi connectivity index (χ1) is 14.8. The molecule has 4 rings (SSSR count). The van der Waals surface area contributed by atoms with Crippen molar-refractivity contribution in [3.8, 4) is 0 Å². The van der Waals surface area contributed by atoms with Crippen LogP contribution in [0.25, 0.3) is 0 Å². The third-order valence-corrected chi connectivity index (χ3v) is 4.63. The van der Waals surface area contributed by atoms with Crippen molar-refractivity contribution in [2.75, 3.05) is 5.32 Å². The van der Waals surface area contributed by atoms with Gasteiger partial charge in [0.1, 0.15) is 0 Å². The lowest BCUT2D eigenvalue weighted by atomic mass is 10.0.